The maximum absolute atomic E-state index is 10.3. The average molecular weight is 158 g/mol. The Morgan fingerprint density at radius 1 is 1.45 bits per heavy atom. The molecule has 0 radical (unpaired) electrons. The van der Waals surface area contributed by atoms with E-state index < -0.39 is 5.97 Å². The number of hydrogen-bond acceptors (Lipinski definition) is 1. The molecule has 1 heterocycles. The smallest absolute Gasteiger partial charge is 0.309 e. The molecule has 0 aromatic heterocycles. The molecule has 1 aliphatic rings. The normalized spacial score (nSPS) is 21.9. The summed E-state index contributed by atoms with van der Waals surface area (Å²) in [6.45, 7) is 3.12. The van der Waals surface area contributed by atoms with Crippen LogP contribution in [-0.4, -0.2) is 42.2 Å². The van der Waals surface area contributed by atoms with Crippen LogP contribution in [0.25, 0.3) is 0 Å². The molecule has 1 N–H and O–H groups in total. The number of carbonyl (C=O) groups is 1. The first kappa shape index (κ1) is 8.53. The molecule has 0 aromatic carbocycles. The molecule has 0 bridgehead atoms. The van der Waals surface area contributed by atoms with Crippen molar-refractivity contribution in [3.05, 3.63) is 0 Å². The van der Waals surface area contributed by atoms with Crippen LogP contribution in [0.15, 0.2) is 0 Å². The van der Waals surface area contributed by atoms with E-state index in [9.17, 15) is 4.79 Å². The molecule has 0 amide bonds. The number of carboxylic acids is 1. The first-order valence-electron chi connectivity index (χ1n) is 4.18. The van der Waals surface area contributed by atoms with Gasteiger partial charge in [-0.15, -0.1) is 0 Å². The van der Waals surface area contributed by atoms with Crippen LogP contribution < -0.4 is 0 Å². The maximum Gasteiger partial charge on any atom is 0.309 e. The van der Waals surface area contributed by atoms with Gasteiger partial charge in [-0.25, -0.2) is 0 Å². The van der Waals surface area contributed by atoms with Crippen molar-refractivity contribution in [3.63, 3.8) is 0 Å². The van der Waals surface area contributed by atoms with Crippen LogP contribution in [0.3, 0.4) is 0 Å². The molecule has 1 saturated heterocycles. The van der Waals surface area contributed by atoms with Crippen LogP contribution in [0.1, 0.15) is 19.3 Å². The van der Waals surface area contributed by atoms with E-state index in [-0.39, 0.29) is 0 Å². The van der Waals surface area contributed by atoms with Gasteiger partial charge in [-0.1, -0.05) is 0 Å². The van der Waals surface area contributed by atoms with Crippen LogP contribution in [0.4, 0.5) is 0 Å². The van der Waals surface area contributed by atoms with Gasteiger partial charge in [0.25, 0.3) is 0 Å². The quantitative estimate of drug-likeness (QED) is 0.614. The zero-order valence-electron chi connectivity index (χ0n) is 7.05. The lowest BCUT2D eigenvalue weighted by atomic mass is 10.3. The molecule has 1 aliphatic heterocycles. The molecule has 0 saturated carbocycles. The van der Waals surface area contributed by atoms with Crippen molar-refractivity contribution in [2.45, 2.75) is 19.3 Å². The lowest BCUT2D eigenvalue weighted by Crippen LogP contribution is -2.42. The molecule has 0 aliphatic carbocycles. The summed E-state index contributed by atoms with van der Waals surface area (Å²) in [5.74, 6) is -0.670. The molecule has 0 spiro atoms. The van der Waals surface area contributed by atoms with Crippen LogP contribution in [0.2, 0.25) is 0 Å². The lowest BCUT2D eigenvalue weighted by molar-refractivity contribution is -0.897. The molecule has 3 nitrogen and oxygen atoms in total. The zero-order chi connectivity index (χ0) is 8.32. The summed E-state index contributed by atoms with van der Waals surface area (Å²) in [6.07, 6.45) is 2.84. The second-order valence-electron chi connectivity index (χ2n) is 3.64. The molecule has 0 atom stereocenters. The number of carboxylic acid groups (broad SMARTS) is 1. The van der Waals surface area contributed by atoms with Crippen molar-refractivity contribution in [1.82, 2.24) is 0 Å². The fraction of sp³-hybridized carbons (Fsp3) is 0.875. The van der Waals surface area contributed by atoms with Crippen molar-refractivity contribution in [2.75, 3.05) is 26.7 Å². The monoisotopic (exact) mass is 158 g/mol. The molecule has 0 aromatic rings. The van der Waals surface area contributed by atoms with Crippen molar-refractivity contribution in [3.8, 4) is 0 Å². The Morgan fingerprint density at radius 2 is 2.00 bits per heavy atom. The third-order valence-electron chi connectivity index (χ3n) is 2.51. The highest BCUT2D eigenvalue weighted by Gasteiger charge is 2.26. The van der Waals surface area contributed by atoms with Crippen molar-refractivity contribution in [2.24, 2.45) is 0 Å². The van der Waals surface area contributed by atoms with Gasteiger partial charge in [0.2, 0.25) is 0 Å². The van der Waals surface area contributed by atoms with Crippen LogP contribution in [0.5, 0.6) is 0 Å². The Labute approximate surface area is 67.2 Å². The number of hydrogen-bond donors (Lipinski definition) is 1. The van der Waals surface area contributed by atoms with Crippen LogP contribution in [0, 0.1) is 0 Å². The van der Waals surface area contributed by atoms with E-state index in [1.54, 1.807) is 0 Å². The van der Waals surface area contributed by atoms with E-state index in [1.807, 2.05) is 0 Å². The molecule has 3 heteroatoms. The minimum atomic E-state index is -0.670. The zero-order valence-corrected chi connectivity index (χ0v) is 7.05. The first-order chi connectivity index (χ1) is 5.12. The van der Waals surface area contributed by atoms with E-state index in [0.29, 0.717) is 6.42 Å². The minimum absolute atomic E-state index is 0.316. The molecule has 64 valence electrons. The summed E-state index contributed by atoms with van der Waals surface area (Å²) >= 11 is 0. The van der Waals surface area contributed by atoms with Gasteiger partial charge in [0.1, 0.15) is 0 Å². The summed E-state index contributed by atoms with van der Waals surface area (Å²) in [6, 6.07) is 0. The number of likely N-dealkylation sites (tertiary alicyclic amines) is 1. The van der Waals surface area contributed by atoms with Gasteiger partial charge in [-0.3, -0.25) is 4.79 Å². The van der Waals surface area contributed by atoms with Crippen LogP contribution >= 0.6 is 0 Å². The van der Waals surface area contributed by atoms with Gasteiger partial charge >= 0.3 is 5.97 Å². The van der Waals surface area contributed by atoms with E-state index in [1.165, 1.54) is 12.8 Å². The summed E-state index contributed by atoms with van der Waals surface area (Å²) < 4.78 is 0.965. The predicted octanol–water partition coefficient (Wildman–Crippen LogP) is 0.701. The molecular formula is C8H16NO2+. The summed E-state index contributed by atoms with van der Waals surface area (Å²) in [7, 11) is 2.15. The summed E-state index contributed by atoms with van der Waals surface area (Å²) in [5.41, 5.74) is 0. The predicted molar refractivity (Wildman–Crippen MR) is 42.3 cm³/mol. The van der Waals surface area contributed by atoms with Gasteiger partial charge in [0.05, 0.1) is 33.1 Å². The highest BCUT2D eigenvalue weighted by Crippen LogP contribution is 2.16. The molecule has 11 heavy (non-hydrogen) atoms. The number of nitrogens with zero attached hydrogens (tertiary/aromatic N) is 1. The van der Waals surface area contributed by atoms with Gasteiger partial charge in [0.15, 0.2) is 0 Å². The van der Waals surface area contributed by atoms with Crippen molar-refractivity contribution in [1.29, 1.82) is 0 Å². The molecule has 0 unspecified atom stereocenters. The Balaban J connectivity index is 2.28. The van der Waals surface area contributed by atoms with Gasteiger partial charge in [-0.05, 0) is 0 Å². The first-order valence-corrected chi connectivity index (χ1v) is 4.18. The molecule has 1 rings (SSSR count). The van der Waals surface area contributed by atoms with Crippen molar-refractivity contribution < 1.29 is 14.4 Å². The third-order valence-corrected chi connectivity index (χ3v) is 2.51. The minimum Gasteiger partial charge on any atom is -0.481 e. The van der Waals surface area contributed by atoms with E-state index >= 15 is 0 Å². The number of quaternary nitrogens is 1. The summed E-state index contributed by atoms with van der Waals surface area (Å²) in [5, 5.41) is 8.48. The number of rotatable bonds is 3. The Morgan fingerprint density at radius 3 is 2.45 bits per heavy atom. The Kier molecular flexibility index (Phi) is 2.49. The molecular weight excluding hydrogens is 142 g/mol. The average Bonchev–Trinajstić information content (AvgIpc) is 2.33. The maximum atomic E-state index is 10.3. The van der Waals surface area contributed by atoms with Gasteiger partial charge in [0, 0.05) is 12.8 Å². The van der Waals surface area contributed by atoms with Gasteiger partial charge in [-0.2, -0.15) is 0 Å². The Bertz CT molecular complexity index is 150. The standard InChI is InChI=1S/C8H15NO2/c1-9(5-2-3-6-9)7-4-8(10)11/h2-7H2,1H3/p+1. The highest BCUT2D eigenvalue weighted by molar-refractivity contribution is 5.66. The SMILES string of the molecule is C[N+]1(CCC(=O)O)CCCC1. The van der Waals surface area contributed by atoms with Crippen molar-refractivity contribution >= 4 is 5.97 Å². The van der Waals surface area contributed by atoms with Gasteiger partial charge < -0.3 is 9.59 Å². The van der Waals surface area contributed by atoms with E-state index in [2.05, 4.69) is 7.05 Å². The second-order valence-corrected chi connectivity index (χ2v) is 3.64. The van der Waals surface area contributed by atoms with E-state index in [0.717, 1.165) is 24.1 Å². The van der Waals surface area contributed by atoms with Crippen LogP contribution in [-0.2, 0) is 4.79 Å². The third kappa shape index (κ3) is 2.50. The summed E-state index contributed by atoms with van der Waals surface area (Å²) in [4.78, 5) is 10.3. The highest BCUT2D eigenvalue weighted by atomic mass is 16.4. The Hall–Kier alpha value is -0.570. The number of aliphatic carboxylic acids is 1. The molecule has 1 fully saturated rings. The fourth-order valence-electron chi connectivity index (χ4n) is 1.69. The topological polar surface area (TPSA) is 37.3 Å². The fourth-order valence-corrected chi connectivity index (χ4v) is 1.69. The lowest BCUT2D eigenvalue weighted by Gasteiger charge is -2.28. The second kappa shape index (κ2) is 3.22. The largest absolute Gasteiger partial charge is 0.481 e. The van der Waals surface area contributed by atoms with E-state index in [4.69, 9.17) is 5.11 Å².